The lowest BCUT2D eigenvalue weighted by atomic mass is 9.94. The Morgan fingerprint density at radius 3 is 2.28 bits per heavy atom. The molecule has 3 amide bonds. The number of alkyl halides is 2. The summed E-state index contributed by atoms with van der Waals surface area (Å²) in [5.41, 5.74) is 0.895. The Labute approximate surface area is 167 Å². The van der Waals surface area contributed by atoms with Gasteiger partial charge in [0.05, 0.1) is 13.2 Å². The summed E-state index contributed by atoms with van der Waals surface area (Å²) in [5.74, 6) is -1.27. The van der Waals surface area contributed by atoms with E-state index in [0.29, 0.717) is 16.5 Å². The minimum Gasteiger partial charge on any atom is -0.383 e. The summed E-state index contributed by atoms with van der Waals surface area (Å²) >= 11 is 0. The van der Waals surface area contributed by atoms with Gasteiger partial charge in [0.25, 0.3) is 18.2 Å². The van der Waals surface area contributed by atoms with Crippen LogP contribution in [0.2, 0.25) is 0 Å². The van der Waals surface area contributed by atoms with Crippen molar-refractivity contribution in [3.05, 3.63) is 47.5 Å². The Kier molecular flexibility index (Phi) is 6.53. The number of carbonyl (C=O) groups excluding carboxylic acids is 3. The van der Waals surface area contributed by atoms with Crippen LogP contribution in [0.15, 0.2) is 36.4 Å². The summed E-state index contributed by atoms with van der Waals surface area (Å²) in [6.07, 6.45) is -2.49. The van der Waals surface area contributed by atoms with Crippen LogP contribution in [0.4, 0.5) is 8.78 Å². The molecule has 0 radical (unpaired) electrons. The van der Waals surface area contributed by atoms with E-state index in [1.165, 1.54) is 7.11 Å². The van der Waals surface area contributed by atoms with E-state index in [1.807, 2.05) is 12.1 Å². The van der Waals surface area contributed by atoms with Gasteiger partial charge in [-0.15, -0.1) is 0 Å². The van der Waals surface area contributed by atoms with Gasteiger partial charge in [-0.2, -0.15) is 0 Å². The van der Waals surface area contributed by atoms with Gasteiger partial charge in [0.2, 0.25) is 5.91 Å². The van der Waals surface area contributed by atoms with E-state index >= 15 is 0 Å². The van der Waals surface area contributed by atoms with Crippen molar-refractivity contribution in [1.82, 2.24) is 9.80 Å². The minimum absolute atomic E-state index is 0.0423. The van der Waals surface area contributed by atoms with Gasteiger partial charge in [-0.1, -0.05) is 24.3 Å². The highest BCUT2D eigenvalue weighted by molar-refractivity contribution is 6.25. The molecule has 0 atom stereocenters. The number of rotatable bonds is 9. The van der Waals surface area contributed by atoms with Crippen molar-refractivity contribution >= 4 is 28.5 Å². The number of halogens is 2. The van der Waals surface area contributed by atoms with Gasteiger partial charge >= 0.3 is 0 Å². The van der Waals surface area contributed by atoms with E-state index < -0.39 is 30.7 Å². The maximum atomic E-state index is 12.8. The second kappa shape index (κ2) is 9.09. The zero-order valence-electron chi connectivity index (χ0n) is 16.1. The van der Waals surface area contributed by atoms with Crippen molar-refractivity contribution in [3.63, 3.8) is 0 Å². The SMILES string of the molecule is COCCN(CC(F)F)C(=O)CCCN1C(=O)c2cccc3cccc(c23)C1=O. The standard InChI is InChI=1S/C21H22F2N2O4/c1-29-12-11-24(13-17(22)23)18(26)9-4-10-25-20(27)15-7-2-5-14-6-3-8-16(19(14)15)21(25)28/h2-3,5-8,17H,4,9-13H2,1H3. The van der Waals surface area contributed by atoms with Crippen LogP contribution in [0, 0.1) is 0 Å². The molecule has 0 fully saturated rings. The third-order valence-electron chi connectivity index (χ3n) is 4.90. The molecule has 2 aromatic carbocycles. The molecule has 6 nitrogen and oxygen atoms in total. The number of amides is 3. The van der Waals surface area contributed by atoms with Gasteiger partial charge in [0.15, 0.2) is 0 Å². The average Bonchev–Trinajstić information content (AvgIpc) is 2.71. The van der Waals surface area contributed by atoms with Gasteiger partial charge in [0, 0.05) is 43.1 Å². The first-order valence-electron chi connectivity index (χ1n) is 9.37. The zero-order chi connectivity index (χ0) is 21.0. The molecule has 154 valence electrons. The van der Waals surface area contributed by atoms with Crippen LogP contribution in [-0.4, -0.2) is 67.3 Å². The molecular weight excluding hydrogens is 382 g/mol. The Hall–Kier alpha value is -2.87. The maximum Gasteiger partial charge on any atom is 0.261 e. The molecule has 0 aromatic heterocycles. The molecule has 0 saturated heterocycles. The second-order valence-electron chi connectivity index (χ2n) is 6.80. The van der Waals surface area contributed by atoms with E-state index in [1.54, 1.807) is 24.3 Å². The molecule has 8 heteroatoms. The van der Waals surface area contributed by atoms with E-state index in [2.05, 4.69) is 0 Å². The summed E-state index contributed by atoms with van der Waals surface area (Å²) in [4.78, 5) is 40.1. The lowest BCUT2D eigenvalue weighted by Crippen LogP contribution is -2.42. The van der Waals surface area contributed by atoms with Crippen LogP contribution in [0.5, 0.6) is 0 Å². The first kappa shape index (κ1) is 20.9. The number of imide groups is 1. The lowest BCUT2D eigenvalue weighted by Gasteiger charge is -2.27. The van der Waals surface area contributed by atoms with Crippen LogP contribution in [0.1, 0.15) is 33.6 Å². The van der Waals surface area contributed by atoms with Gasteiger partial charge in [0.1, 0.15) is 0 Å². The smallest absolute Gasteiger partial charge is 0.261 e. The molecule has 0 unspecified atom stereocenters. The Morgan fingerprint density at radius 1 is 1.10 bits per heavy atom. The Morgan fingerprint density at radius 2 is 1.72 bits per heavy atom. The highest BCUT2D eigenvalue weighted by atomic mass is 19.3. The largest absolute Gasteiger partial charge is 0.383 e. The first-order valence-corrected chi connectivity index (χ1v) is 9.37. The fourth-order valence-electron chi connectivity index (χ4n) is 3.52. The van der Waals surface area contributed by atoms with Crippen LogP contribution in [-0.2, 0) is 9.53 Å². The zero-order valence-corrected chi connectivity index (χ0v) is 16.1. The molecule has 1 heterocycles. The number of carbonyl (C=O) groups is 3. The predicted molar refractivity (Wildman–Crippen MR) is 103 cm³/mol. The molecule has 0 N–H and O–H groups in total. The average molecular weight is 404 g/mol. The predicted octanol–water partition coefficient (Wildman–Crippen LogP) is 2.96. The molecule has 0 saturated carbocycles. The normalized spacial score (nSPS) is 13.4. The first-order chi connectivity index (χ1) is 13.9. The van der Waals surface area contributed by atoms with E-state index in [0.717, 1.165) is 15.2 Å². The molecule has 1 aliphatic heterocycles. The molecule has 0 aliphatic carbocycles. The summed E-state index contributed by atoms with van der Waals surface area (Å²) in [6.45, 7) is -0.404. The lowest BCUT2D eigenvalue weighted by molar-refractivity contribution is -0.134. The summed E-state index contributed by atoms with van der Waals surface area (Å²) in [7, 11) is 1.43. The van der Waals surface area contributed by atoms with Crippen LogP contribution in [0.3, 0.4) is 0 Å². The molecule has 29 heavy (non-hydrogen) atoms. The monoisotopic (exact) mass is 404 g/mol. The molecule has 3 rings (SSSR count). The quantitative estimate of drug-likeness (QED) is 0.603. The van der Waals surface area contributed by atoms with Gasteiger partial charge in [-0.05, 0) is 23.9 Å². The summed E-state index contributed by atoms with van der Waals surface area (Å²) in [6, 6.07) is 10.6. The number of hydrogen-bond acceptors (Lipinski definition) is 4. The highest BCUT2D eigenvalue weighted by Crippen LogP contribution is 2.30. The fourth-order valence-corrected chi connectivity index (χ4v) is 3.52. The minimum atomic E-state index is -2.64. The molecule has 0 bridgehead atoms. The van der Waals surface area contributed by atoms with Crippen molar-refractivity contribution in [1.29, 1.82) is 0 Å². The summed E-state index contributed by atoms with van der Waals surface area (Å²) < 4.78 is 30.3. The van der Waals surface area contributed by atoms with Crippen molar-refractivity contribution in [2.45, 2.75) is 19.3 Å². The van der Waals surface area contributed by atoms with Crippen LogP contribution in [0.25, 0.3) is 10.8 Å². The third-order valence-corrected chi connectivity index (χ3v) is 4.90. The van der Waals surface area contributed by atoms with Crippen LogP contribution >= 0.6 is 0 Å². The van der Waals surface area contributed by atoms with E-state index in [9.17, 15) is 23.2 Å². The Balaban J connectivity index is 1.67. The summed E-state index contributed by atoms with van der Waals surface area (Å²) in [5, 5.41) is 1.46. The highest BCUT2D eigenvalue weighted by Gasteiger charge is 2.32. The van der Waals surface area contributed by atoms with Gasteiger partial charge in [-0.25, -0.2) is 8.78 Å². The fraction of sp³-hybridized carbons (Fsp3) is 0.381. The number of ether oxygens (including phenoxy) is 1. The number of benzene rings is 2. The van der Waals surface area contributed by atoms with Crippen molar-refractivity contribution < 1.29 is 27.9 Å². The number of nitrogens with zero attached hydrogens (tertiary/aromatic N) is 2. The number of hydrogen-bond donors (Lipinski definition) is 0. The van der Waals surface area contributed by atoms with Gasteiger partial charge < -0.3 is 9.64 Å². The van der Waals surface area contributed by atoms with Crippen molar-refractivity contribution in [2.75, 3.05) is 33.4 Å². The third kappa shape index (κ3) is 4.42. The molecule has 1 aliphatic rings. The van der Waals surface area contributed by atoms with Crippen LogP contribution < -0.4 is 0 Å². The Bertz CT molecular complexity index is 881. The van der Waals surface area contributed by atoms with Crippen molar-refractivity contribution in [3.8, 4) is 0 Å². The molecule has 2 aromatic rings. The molecular formula is C21H22F2N2O4. The van der Waals surface area contributed by atoms with Gasteiger partial charge in [-0.3, -0.25) is 19.3 Å². The van der Waals surface area contributed by atoms with E-state index in [4.69, 9.17) is 4.74 Å². The maximum absolute atomic E-state index is 12.8. The number of methoxy groups -OCH3 is 1. The van der Waals surface area contributed by atoms with Crippen molar-refractivity contribution in [2.24, 2.45) is 0 Å². The topological polar surface area (TPSA) is 66.9 Å². The van der Waals surface area contributed by atoms with E-state index in [-0.39, 0.29) is 32.5 Å². The second-order valence-corrected chi connectivity index (χ2v) is 6.80. The molecule has 0 spiro atoms.